The molecule has 2 aliphatic heterocycles. The van der Waals surface area contributed by atoms with Crippen LogP contribution in [-0.4, -0.2) is 31.1 Å². The summed E-state index contributed by atoms with van der Waals surface area (Å²) in [5.41, 5.74) is 1.81. The predicted octanol–water partition coefficient (Wildman–Crippen LogP) is 2.28. The molecule has 1 N–H and O–H groups in total. The van der Waals surface area contributed by atoms with E-state index >= 15 is 0 Å². The number of ether oxygens (including phenoxy) is 1. The third-order valence-corrected chi connectivity index (χ3v) is 4.03. The van der Waals surface area contributed by atoms with Gasteiger partial charge >= 0.3 is 0 Å². The van der Waals surface area contributed by atoms with Gasteiger partial charge in [0.05, 0.1) is 13.2 Å². The van der Waals surface area contributed by atoms with Crippen molar-refractivity contribution in [2.45, 2.75) is 24.9 Å². The number of fused-ring (bicyclic) bond motifs is 2. The fourth-order valence-corrected chi connectivity index (χ4v) is 3.11. The molecule has 100 valence electrons. The molecule has 0 saturated carbocycles. The highest BCUT2D eigenvalue weighted by Crippen LogP contribution is 2.27. The normalized spacial score (nSPS) is 29.8. The molecule has 2 saturated heterocycles. The molecule has 1 aromatic carbocycles. The van der Waals surface area contributed by atoms with Crippen LogP contribution in [0.2, 0.25) is 0 Å². The first-order chi connectivity index (χ1) is 9.26. The molecule has 0 radical (unpaired) electrons. The Bertz CT molecular complexity index is 485. The van der Waals surface area contributed by atoms with E-state index in [2.05, 4.69) is 11.9 Å². The highest BCUT2D eigenvalue weighted by molar-refractivity contribution is 5.98. The lowest BCUT2D eigenvalue weighted by molar-refractivity contribution is 0.00953. The number of carbonyl (C=O) groups excluding carboxylic acids is 1. The van der Waals surface area contributed by atoms with Crippen LogP contribution in [0.4, 0.5) is 0 Å². The molecule has 1 aromatic rings. The van der Waals surface area contributed by atoms with Crippen molar-refractivity contribution in [1.82, 2.24) is 5.32 Å². The molecule has 3 rings (SSSR count). The van der Waals surface area contributed by atoms with E-state index in [1.807, 2.05) is 24.3 Å². The summed E-state index contributed by atoms with van der Waals surface area (Å²) in [7, 11) is 0. The topological polar surface area (TPSA) is 38.3 Å². The monoisotopic (exact) mass is 257 g/mol. The van der Waals surface area contributed by atoms with Crippen molar-refractivity contribution >= 4 is 11.9 Å². The second-order valence-corrected chi connectivity index (χ2v) is 5.46. The lowest BCUT2D eigenvalue weighted by Crippen LogP contribution is -2.55. The van der Waals surface area contributed by atoms with Crippen LogP contribution in [0.25, 0.3) is 6.08 Å². The van der Waals surface area contributed by atoms with Crippen molar-refractivity contribution < 1.29 is 9.53 Å². The van der Waals surface area contributed by atoms with Crippen molar-refractivity contribution in [3.8, 4) is 0 Å². The lowest BCUT2D eigenvalue weighted by atomic mass is 9.82. The van der Waals surface area contributed by atoms with E-state index in [0.717, 1.165) is 37.2 Å². The molecule has 0 aliphatic carbocycles. The van der Waals surface area contributed by atoms with Crippen LogP contribution in [0, 0.1) is 5.92 Å². The minimum atomic E-state index is 0.125. The summed E-state index contributed by atoms with van der Waals surface area (Å²) >= 11 is 0. The van der Waals surface area contributed by atoms with Gasteiger partial charge in [0, 0.05) is 23.6 Å². The fourth-order valence-electron chi connectivity index (χ4n) is 3.11. The van der Waals surface area contributed by atoms with Crippen molar-refractivity contribution in [2.75, 3.05) is 13.2 Å². The average molecular weight is 257 g/mol. The number of piperidine rings is 1. The smallest absolute Gasteiger partial charge is 0.166 e. The summed E-state index contributed by atoms with van der Waals surface area (Å²) in [6, 6.07) is 8.41. The molecule has 3 heteroatoms. The van der Waals surface area contributed by atoms with Gasteiger partial charge in [-0.05, 0) is 24.5 Å². The molecule has 2 unspecified atom stereocenters. The number of rotatable bonds is 3. The Balaban J connectivity index is 1.77. The summed E-state index contributed by atoms with van der Waals surface area (Å²) in [4.78, 5) is 12.6. The van der Waals surface area contributed by atoms with Crippen LogP contribution in [0.1, 0.15) is 28.8 Å². The van der Waals surface area contributed by atoms with E-state index in [0.29, 0.717) is 12.1 Å². The van der Waals surface area contributed by atoms with Gasteiger partial charge in [0.1, 0.15) is 0 Å². The molecule has 0 aromatic heterocycles. The SMILES string of the molecule is C=Cc1cccc(C(=O)C2CC3COCC(C2)N3)c1. The van der Waals surface area contributed by atoms with Gasteiger partial charge in [-0.15, -0.1) is 0 Å². The van der Waals surface area contributed by atoms with E-state index in [9.17, 15) is 4.79 Å². The Morgan fingerprint density at radius 1 is 1.32 bits per heavy atom. The maximum atomic E-state index is 12.6. The predicted molar refractivity (Wildman–Crippen MR) is 75.1 cm³/mol. The minimum Gasteiger partial charge on any atom is -0.378 e. The van der Waals surface area contributed by atoms with E-state index in [1.165, 1.54) is 0 Å². The van der Waals surface area contributed by atoms with Crippen LogP contribution < -0.4 is 5.32 Å². The number of Topliss-reactive ketones (excluding diaryl/α,β-unsaturated/α-hetero) is 1. The second-order valence-electron chi connectivity index (χ2n) is 5.46. The summed E-state index contributed by atoms with van der Waals surface area (Å²) in [6.07, 6.45) is 3.54. The summed E-state index contributed by atoms with van der Waals surface area (Å²) in [5.74, 6) is 0.391. The van der Waals surface area contributed by atoms with Gasteiger partial charge in [-0.3, -0.25) is 4.79 Å². The Kier molecular flexibility index (Phi) is 3.49. The number of nitrogens with one attached hydrogen (secondary N) is 1. The van der Waals surface area contributed by atoms with Crippen LogP contribution in [0.15, 0.2) is 30.8 Å². The Morgan fingerprint density at radius 3 is 2.74 bits per heavy atom. The van der Waals surface area contributed by atoms with E-state index in [-0.39, 0.29) is 11.7 Å². The lowest BCUT2D eigenvalue weighted by Gasteiger charge is -2.39. The molecule has 19 heavy (non-hydrogen) atoms. The molecule has 2 atom stereocenters. The maximum absolute atomic E-state index is 12.6. The van der Waals surface area contributed by atoms with E-state index in [4.69, 9.17) is 4.74 Å². The molecule has 0 amide bonds. The highest BCUT2D eigenvalue weighted by atomic mass is 16.5. The second kappa shape index (κ2) is 5.27. The number of benzene rings is 1. The number of carbonyl (C=O) groups is 1. The van der Waals surface area contributed by atoms with Gasteiger partial charge in [-0.2, -0.15) is 0 Å². The van der Waals surface area contributed by atoms with Gasteiger partial charge < -0.3 is 10.1 Å². The number of hydrogen-bond acceptors (Lipinski definition) is 3. The minimum absolute atomic E-state index is 0.125. The largest absolute Gasteiger partial charge is 0.378 e. The zero-order valence-electron chi connectivity index (χ0n) is 11.0. The van der Waals surface area contributed by atoms with Gasteiger partial charge in [0.2, 0.25) is 0 Å². The first kappa shape index (κ1) is 12.6. The molecular formula is C16H19NO2. The van der Waals surface area contributed by atoms with Crippen molar-refractivity contribution in [3.05, 3.63) is 42.0 Å². The molecule has 2 fully saturated rings. The van der Waals surface area contributed by atoms with Gasteiger partial charge in [0.25, 0.3) is 0 Å². The third-order valence-electron chi connectivity index (χ3n) is 4.03. The zero-order valence-corrected chi connectivity index (χ0v) is 11.0. The Labute approximate surface area is 113 Å². The Hall–Kier alpha value is -1.45. The summed E-state index contributed by atoms with van der Waals surface area (Å²) in [6.45, 7) is 5.21. The van der Waals surface area contributed by atoms with E-state index < -0.39 is 0 Å². The van der Waals surface area contributed by atoms with Crippen LogP contribution in [-0.2, 0) is 4.74 Å². The highest BCUT2D eigenvalue weighted by Gasteiger charge is 2.35. The van der Waals surface area contributed by atoms with Gasteiger partial charge in [-0.25, -0.2) is 0 Å². The van der Waals surface area contributed by atoms with E-state index in [1.54, 1.807) is 6.08 Å². The van der Waals surface area contributed by atoms with Gasteiger partial charge in [0.15, 0.2) is 5.78 Å². The number of hydrogen-bond donors (Lipinski definition) is 1. The standard InChI is InChI=1S/C16H19NO2/c1-2-11-4-3-5-12(6-11)16(18)13-7-14-9-19-10-15(8-13)17-14/h2-6,13-15,17H,1,7-10H2. The zero-order chi connectivity index (χ0) is 13.2. The van der Waals surface area contributed by atoms with Crippen LogP contribution >= 0.6 is 0 Å². The number of morpholine rings is 1. The quantitative estimate of drug-likeness (QED) is 0.844. The summed E-state index contributed by atoms with van der Waals surface area (Å²) in [5, 5.41) is 3.52. The molecule has 2 heterocycles. The molecule has 3 nitrogen and oxygen atoms in total. The third kappa shape index (κ3) is 2.62. The number of ketones is 1. The maximum Gasteiger partial charge on any atom is 0.166 e. The van der Waals surface area contributed by atoms with Crippen LogP contribution in [0.3, 0.4) is 0 Å². The van der Waals surface area contributed by atoms with Crippen molar-refractivity contribution in [3.63, 3.8) is 0 Å². The fraction of sp³-hybridized carbons (Fsp3) is 0.438. The van der Waals surface area contributed by atoms with Crippen molar-refractivity contribution in [2.24, 2.45) is 5.92 Å². The van der Waals surface area contributed by atoms with Crippen molar-refractivity contribution in [1.29, 1.82) is 0 Å². The van der Waals surface area contributed by atoms with Gasteiger partial charge in [-0.1, -0.05) is 30.9 Å². The average Bonchev–Trinajstić information content (AvgIpc) is 2.46. The molecular weight excluding hydrogens is 238 g/mol. The molecule has 0 spiro atoms. The Morgan fingerprint density at radius 2 is 2.05 bits per heavy atom. The van der Waals surface area contributed by atoms with Crippen LogP contribution in [0.5, 0.6) is 0 Å². The summed E-state index contributed by atoms with van der Waals surface area (Å²) < 4.78 is 5.52. The first-order valence-electron chi connectivity index (χ1n) is 6.87. The molecule has 2 bridgehead atoms. The molecule has 2 aliphatic rings. The first-order valence-corrected chi connectivity index (χ1v) is 6.87.